The van der Waals surface area contributed by atoms with Crippen LogP contribution in [0.15, 0.2) is 42.6 Å². The maximum absolute atomic E-state index is 13.9. The Morgan fingerprint density at radius 2 is 1.62 bits per heavy atom. The zero-order chi connectivity index (χ0) is 38.6. The van der Waals surface area contributed by atoms with Crippen molar-refractivity contribution in [1.82, 2.24) is 20.1 Å². The van der Waals surface area contributed by atoms with Crippen molar-refractivity contribution in [2.75, 3.05) is 39.5 Å². The van der Waals surface area contributed by atoms with Crippen LogP contribution < -0.4 is 10.1 Å². The summed E-state index contributed by atoms with van der Waals surface area (Å²) in [5, 5.41) is 3.08. The lowest BCUT2D eigenvalue weighted by Crippen LogP contribution is -2.46. The Hall–Kier alpha value is -4.66. The summed E-state index contributed by atoms with van der Waals surface area (Å²) in [4.78, 5) is 60.7. The van der Waals surface area contributed by atoms with Crippen molar-refractivity contribution in [2.45, 2.75) is 104 Å². The van der Waals surface area contributed by atoms with Crippen LogP contribution in [0, 0.1) is 23.7 Å². The van der Waals surface area contributed by atoms with E-state index in [4.69, 9.17) is 14.2 Å². The smallest absolute Gasteiger partial charge is 0.410 e. The van der Waals surface area contributed by atoms with Crippen LogP contribution in [0.3, 0.4) is 0 Å². The maximum atomic E-state index is 13.9. The van der Waals surface area contributed by atoms with Crippen molar-refractivity contribution in [3.05, 3.63) is 59.4 Å². The molecular formula is C41H55FN4O7. The van der Waals surface area contributed by atoms with Gasteiger partial charge in [-0.1, -0.05) is 12.0 Å². The molecular weight excluding hydrogens is 679 g/mol. The molecule has 1 aromatic carbocycles. The molecule has 4 rings (SSSR count). The van der Waals surface area contributed by atoms with Crippen LogP contribution in [0.1, 0.15) is 109 Å². The number of pyridine rings is 1. The summed E-state index contributed by atoms with van der Waals surface area (Å²) < 4.78 is 28.9. The van der Waals surface area contributed by atoms with Crippen LogP contribution in [0.25, 0.3) is 0 Å². The van der Waals surface area contributed by atoms with Gasteiger partial charge in [-0.3, -0.25) is 14.4 Å². The number of benzene rings is 1. The molecule has 2 saturated heterocycles. The number of aromatic nitrogens is 1. The van der Waals surface area contributed by atoms with Crippen LogP contribution in [0.4, 0.5) is 9.18 Å². The summed E-state index contributed by atoms with van der Waals surface area (Å²) in [6, 6.07) is 9.68. The molecule has 0 aliphatic carbocycles. The van der Waals surface area contributed by atoms with Crippen molar-refractivity contribution in [3.63, 3.8) is 0 Å². The van der Waals surface area contributed by atoms with Gasteiger partial charge in [-0.05, 0) is 116 Å². The van der Waals surface area contributed by atoms with Gasteiger partial charge < -0.3 is 29.3 Å². The Morgan fingerprint density at radius 1 is 0.925 bits per heavy atom. The first-order chi connectivity index (χ1) is 25.1. The third-order valence-electron chi connectivity index (χ3n) is 9.02. The van der Waals surface area contributed by atoms with E-state index >= 15 is 0 Å². The molecule has 3 amide bonds. The van der Waals surface area contributed by atoms with Gasteiger partial charge in [-0.25, -0.2) is 14.2 Å². The first-order valence-corrected chi connectivity index (χ1v) is 18.6. The summed E-state index contributed by atoms with van der Waals surface area (Å²) in [6.45, 7) is 12.4. The number of nitrogens with one attached hydrogen (secondary N) is 1. The van der Waals surface area contributed by atoms with Crippen LogP contribution in [-0.2, 0) is 23.9 Å². The average Bonchev–Trinajstić information content (AvgIpc) is 3.11. The van der Waals surface area contributed by atoms with E-state index in [1.165, 1.54) is 0 Å². The third-order valence-corrected chi connectivity index (χ3v) is 9.02. The number of carbonyl (C=O) groups excluding carboxylic acids is 4. The molecule has 2 aliphatic heterocycles. The second-order valence-electron chi connectivity index (χ2n) is 15.7. The van der Waals surface area contributed by atoms with Gasteiger partial charge in [0.2, 0.25) is 11.8 Å². The fraction of sp³-hybridized carbons (Fsp3) is 0.585. The number of nitrogens with zero attached hydrogens (tertiary/aromatic N) is 3. The van der Waals surface area contributed by atoms with E-state index in [1.807, 2.05) is 20.8 Å². The standard InChI is InChI=1S/C41H55FN4O7/c1-40(2,3)52-37(48)27-35(33-10-7-22-43-34(33)17-13-29-11-15-32(16-12-29)51-26-21-42)44-38(49)31-9-8-23-46(28-31)36(47)18-14-30-19-24-45(25-20-30)39(50)53-41(4,5)6/h7,10-12,15-16,22,30-31,35H,8-9,14,18-21,23-28H2,1-6H3,(H,44,49)/t31-,35+/m1/s1. The van der Waals surface area contributed by atoms with Gasteiger partial charge in [-0.15, -0.1) is 0 Å². The lowest BCUT2D eigenvalue weighted by atomic mass is 9.91. The molecule has 2 atom stereocenters. The van der Waals surface area contributed by atoms with Gasteiger partial charge in [-0.2, -0.15) is 0 Å². The molecule has 0 unspecified atom stereocenters. The largest absolute Gasteiger partial charge is 0.491 e. The SMILES string of the molecule is CC(C)(C)OC(=O)C[C@H](NC(=O)[C@@H]1CCCN(C(=O)CCC2CCN(C(=O)OC(C)(C)C)CC2)C1)c1cccnc1C#Cc1ccc(OCCF)cc1. The fourth-order valence-electron chi connectivity index (χ4n) is 6.44. The predicted octanol–water partition coefficient (Wildman–Crippen LogP) is 6.38. The molecule has 1 N–H and O–H groups in total. The Labute approximate surface area is 313 Å². The van der Waals surface area contributed by atoms with Crippen molar-refractivity contribution in [1.29, 1.82) is 0 Å². The zero-order valence-electron chi connectivity index (χ0n) is 32.0. The Morgan fingerprint density at radius 3 is 2.28 bits per heavy atom. The van der Waals surface area contributed by atoms with Crippen molar-refractivity contribution >= 4 is 23.9 Å². The minimum absolute atomic E-state index is 0.0224. The van der Waals surface area contributed by atoms with Crippen LogP contribution in [-0.4, -0.2) is 89.3 Å². The first kappa shape index (κ1) is 41.1. The van der Waals surface area contributed by atoms with Gasteiger partial charge in [0, 0.05) is 49.9 Å². The number of ether oxygens (including phenoxy) is 3. The van der Waals surface area contributed by atoms with Gasteiger partial charge in [0.25, 0.3) is 0 Å². The van der Waals surface area contributed by atoms with E-state index < -0.39 is 35.8 Å². The van der Waals surface area contributed by atoms with Gasteiger partial charge in [0.05, 0.1) is 18.4 Å². The second kappa shape index (κ2) is 18.9. The van der Waals surface area contributed by atoms with Gasteiger partial charge >= 0.3 is 12.1 Å². The topological polar surface area (TPSA) is 127 Å². The first-order valence-electron chi connectivity index (χ1n) is 18.6. The molecule has 2 aromatic rings. The van der Waals surface area contributed by atoms with Crippen LogP contribution in [0.5, 0.6) is 5.75 Å². The monoisotopic (exact) mass is 734 g/mol. The molecule has 1 aromatic heterocycles. The number of likely N-dealkylation sites (tertiary alicyclic amines) is 2. The minimum Gasteiger partial charge on any atom is -0.491 e. The lowest BCUT2D eigenvalue weighted by Gasteiger charge is -2.35. The van der Waals surface area contributed by atoms with Crippen LogP contribution >= 0.6 is 0 Å². The molecule has 0 radical (unpaired) electrons. The van der Waals surface area contributed by atoms with E-state index in [-0.39, 0.29) is 30.9 Å². The highest BCUT2D eigenvalue weighted by Crippen LogP contribution is 2.27. The fourth-order valence-corrected chi connectivity index (χ4v) is 6.44. The van der Waals surface area contributed by atoms with E-state index in [1.54, 1.807) is 73.2 Å². The number of carbonyl (C=O) groups is 4. The second-order valence-corrected chi connectivity index (χ2v) is 15.7. The average molecular weight is 735 g/mol. The summed E-state index contributed by atoms with van der Waals surface area (Å²) in [6.07, 6.45) is 5.23. The Balaban J connectivity index is 1.39. The number of piperidine rings is 2. The number of hydrogen-bond acceptors (Lipinski definition) is 8. The molecule has 53 heavy (non-hydrogen) atoms. The summed E-state index contributed by atoms with van der Waals surface area (Å²) in [5.41, 5.74) is 0.395. The number of hydrogen-bond donors (Lipinski definition) is 1. The predicted molar refractivity (Wildman–Crippen MR) is 199 cm³/mol. The molecule has 0 saturated carbocycles. The molecule has 2 aliphatic rings. The zero-order valence-corrected chi connectivity index (χ0v) is 32.0. The van der Waals surface area contributed by atoms with Crippen molar-refractivity contribution in [2.24, 2.45) is 11.8 Å². The van der Waals surface area contributed by atoms with E-state index in [0.29, 0.717) is 73.9 Å². The number of alkyl halides is 1. The molecule has 3 heterocycles. The third kappa shape index (κ3) is 13.7. The van der Waals surface area contributed by atoms with Crippen molar-refractivity contribution in [3.8, 4) is 17.6 Å². The summed E-state index contributed by atoms with van der Waals surface area (Å²) in [7, 11) is 0. The number of halogens is 1. The number of rotatable bonds is 11. The molecule has 12 heteroatoms. The highest BCUT2D eigenvalue weighted by molar-refractivity contribution is 5.82. The highest BCUT2D eigenvalue weighted by Gasteiger charge is 2.33. The number of amides is 3. The van der Waals surface area contributed by atoms with Crippen LogP contribution in [0.2, 0.25) is 0 Å². The van der Waals surface area contributed by atoms with E-state index in [0.717, 1.165) is 19.3 Å². The quantitative estimate of drug-likeness (QED) is 0.208. The molecule has 2 fully saturated rings. The van der Waals surface area contributed by atoms with E-state index in [2.05, 4.69) is 22.1 Å². The summed E-state index contributed by atoms with van der Waals surface area (Å²) >= 11 is 0. The molecule has 0 spiro atoms. The maximum Gasteiger partial charge on any atom is 0.410 e. The van der Waals surface area contributed by atoms with Crippen molar-refractivity contribution < 1.29 is 37.8 Å². The molecule has 288 valence electrons. The van der Waals surface area contributed by atoms with Gasteiger partial charge in [0.15, 0.2) is 0 Å². The van der Waals surface area contributed by atoms with E-state index in [9.17, 15) is 23.6 Å². The lowest BCUT2D eigenvalue weighted by molar-refractivity contribution is -0.155. The Kier molecular flexibility index (Phi) is 14.7. The number of esters is 1. The Bertz CT molecular complexity index is 1620. The molecule has 0 bridgehead atoms. The normalized spacial score (nSPS) is 17.2. The highest BCUT2D eigenvalue weighted by atomic mass is 19.1. The molecule has 11 nitrogen and oxygen atoms in total. The summed E-state index contributed by atoms with van der Waals surface area (Å²) in [5.74, 6) is 5.88. The van der Waals surface area contributed by atoms with Gasteiger partial charge in [0.1, 0.15) is 35.9 Å². The minimum atomic E-state index is -0.774.